The Morgan fingerprint density at radius 2 is 1.64 bits per heavy atom. The predicted molar refractivity (Wildman–Crippen MR) is 102 cm³/mol. The summed E-state index contributed by atoms with van der Waals surface area (Å²) in [5.41, 5.74) is 5.51. The minimum Gasteiger partial charge on any atom is -0.255 e. The van der Waals surface area contributed by atoms with E-state index in [2.05, 4.69) is 23.7 Å². The Bertz CT molecular complexity index is 913. The SMILES string of the molecule is CC#Cc1ccc(-c2ccc(-c3ccc(CCC)c(F)c3)cc2)nc1. The number of hydrogen-bond acceptors (Lipinski definition) is 1. The molecule has 3 rings (SSSR count). The molecule has 124 valence electrons. The quantitative estimate of drug-likeness (QED) is 0.545. The Labute approximate surface area is 148 Å². The van der Waals surface area contributed by atoms with Crippen molar-refractivity contribution in [3.8, 4) is 34.2 Å². The molecule has 1 nitrogen and oxygen atoms in total. The maximum atomic E-state index is 14.1. The standard InChI is InChI=1S/C23H20FN/c1-3-5-17-7-14-23(25-16-17)20-11-8-18(9-12-20)21-13-10-19(6-4-2)22(24)15-21/h7-16H,4,6H2,1-2H3. The third-order valence-electron chi connectivity index (χ3n) is 4.12. The van der Waals surface area contributed by atoms with Gasteiger partial charge >= 0.3 is 0 Å². The van der Waals surface area contributed by atoms with Gasteiger partial charge in [-0.3, -0.25) is 4.98 Å². The maximum Gasteiger partial charge on any atom is 0.127 e. The lowest BCUT2D eigenvalue weighted by Crippen LogP contribution is -1.90. The molecule has 0 aliphatic heterocycles. The summed E-state index contributed by atoms with van der Waals surface area (Å²) in [5.74, 6) is 5.72. The first-order valence-corrected chi connectivity index (χ1v) is 8.49. The van der Waals surface area contributed by atoms with Crippen LogP contribution < -0.4 is 0 Å². The van der Waals surface area contributed by atoms with Crippen LogP contribution in [0.3, 0.4) is 0 Å². The Morgan fingerprint density at radius 3 is 2.24 bits per heavy atom. The summed E-state index contributed by atoms with van der Waals surface area (Å²) in [7, 11) is 0. The van der Waals surface area contributed by atoms with E-state index in [1.165, 1.54) is 0 Å². The van der Waals surface area contributed by atoms with E-state index in [9.17, 15) is 4.39 Å². The van der Waals surface area contributed by atoms with Crippen LogP contribution in [0.25, 0.3) is 22.4 Å². The van der Waals surface area contributed by atoms with Gasteiger partial charge in [-0.05, 0) is 48.2 Å². The van der Waals surface area contributed by atoms with Crippen molar-refractivity contribution in [3.63, 3.8) is 0 Å². The lowest BCUT2D eigenvalue weighted by atomic mass is 10.00. The van der Waals surface area contributed by atoms with Gasteiger partial charge in [0.1, 0.15) is 5.82 Å². The zero-order valence-electron chi connectivity index (χ0n) is 14.5. The monoisotopic (exact) mass is 329 g/mol. The van der Waals surface area contributed by atoms with Crippen molar-refractivity contribution in [2.24, 2.45) is 0 Å². The Morgan fingerprint density at radius 1 is 0.920 bits per heavy atom. The second-order valence-corrected chi connectivity index (χ2v) is 5.94. The highest BCUT2D eigenvalue weighted by atomic mass is 19.1. The topological polar surface area (TPSA) is 12.9 Å². The predicted octanol–water partition coefficient (Wildman–Crippen LogP) is 5.88. The molecular weight excluding hydrogens is 309 g/mol. The number of aryl methyl sites for hydroxylation is 1. The van der Waals surface area contributed by atoms with Crippen LogP contribution in [0, 0.1) is 17.7 Å². The molecule has 0 saturated carbocycles. The molecule has 0 aliphatic rings. The van der Waals surface area contributed by atoms with Gasteiger partial charge in [0.25, 0.3) is 0 Å². The lowest BCUT2D eigenvalue weighted by molar-refractivity contribution is 0.608. The summed E-state index contributed by atoms with van der Waals surface area (Å²) < 4.78 is 14.1. The van der Waals surface area contributed by atoms with Crippen molar-refractivity contribution in [1.82, 2.24) is 4.98 Å². The van der Waals surface area contributed by atoms with Crippen LogP contribution in [0.5, 0.6) is 0 Å². The van der Waals surface area contributed by atoms with E-state index >= 15 is 0 Å². The number of nitrogens with zero attached hydrogens (tertiary/aromatic N) is 1. The summed E-state index contributed by atoms with van der Waals surface area (Å²) in [6, 6.07) is 17.5. The van der Waals surface area contributed by atoms with Crippen LogP contribution in [-0.4, -0.2) is 4.98 Å². The van der Waals surface area contributed by atoms with E-state index in [0.29, 0.717) is 0 Å². The second-order valence-electron chi connectivity index (χ2n) is 5.94. The van der Waals surface area contributed by atoms with Gasteiger partial charge in [0.05, 0.1) is 5.69 Å². The molecule has 3 aromatic rings. The summed E-state index contributed by atoms with van der Waals surface area (Å²) in [4.78, 5) is 4.45. The van der Waals surface area contributed by atoms with E-state index < -0.39 is 0 Å². The molecule has 0 unspecified atom stereocenters. The molecule has 0 spiro atoms. The summed E-state index contributed by atoms with van der Waals surface area (Å²) >= 11 is 0. The zero-order chi connectivity index (χ0) is 17.6. The van der Waals surface area contributed by atoms with Crippen molar-refractivity contribution >= 4 is 0 Å². The molecule has 1 aromatic heterocycles. The molecule has 0 saturated heterocycles. The normalized spacial score (nSPS) is 10.2. The second kappa shape index (κ2) is 7.77. The largest absolute Gasteiger partial charge is 0.255 e. The van der Waals surface area contributed by atoms with Gasteiger partial charge in [-0.25, -0.2) is 4.39 Å². The fourth-order valence-corrected chi connectivity index (χ4v) is 2.82. The minimum absolute atomic E-state index is 0.127. The van der Waals surface area contributed by atoms with Crippen molar-refractivity contribution in [1.29, 1.82) is 0 Å². The van der Waals surface area contributed by atoms with Crippen molar-refractivity contribution in [2.75, 3.05) is 0 Å². The van der Waals surface area contributed by atoms with Crippen molar-refractivity contribution in [3.05, 3.63) is 77.7 Å². The number of hydrogen-bond donors (Lipinski definition) is 0. The van der Waals surface area contributed by atoms with Crippen molar-refractivity contribution in [2.45, 2.75) is 26.7 Å². The Balaban J connectivity index is 1.84. The van der Waals surface area contributed by atoms with Crippen LogP contribution in [-0.2, 0) is 6.42 Å². The van der Waals surface area contributed by atoms with E-state index in [1.54, 1.807) is 12.3 Å². The molecule has 2 heteroatoms. The molecular formula is C23H20FN. The number of pyridine rings is 1. The van der Waals surface area contributed by atoms with Gasteiger partial charge in [-0.15, -0.1) is 5.92 Å². The Hall–Kier alpha value is -2.92. The molecule has 0 aliphatic carbocycles. The van der Waals surface area contributed by atoms with Crippen LogP contribution in [0.4, 0.5) is 4.39 Å². The fourth-order valence-electron chi connectivity index (χ4n) is 2.82. The third kappa shape index (κ3) is 3.95. The first kappa shape index (κ1) is 16.9. The Kier molecular flexibility index (Phi) is 5.26. The van der Waals surface area contributed by atoms with Gasteiger partial charge in [0.2, 0.25) is 0 Å². The van der Waals surface area contributed by atoms with Gasteiger partial charge in [-0.1, -0.05) is 55.7 Å². The molecule has 0 N–H and O–H groups in total. The van der Waals surface area contributed by atoms with E-state index in [0.717, 1.165) is 46.4 Å². The molecule has 0 atom stereocenters. The highest BCUT2D eigenvalue weighted by Crippen LogP contribution is 2.25. The van der Waals surface area contributed by atoms with Gasteiger partial charge in [-0.2, -0.15) is 0 Å². The highest BCUT2D eigenvalue weighted by molar-refractivity contribution is 5.69. The third-order valence-corrected chi connectivity index (χ3v) is 4.12. The zero-order valence-corrected chi connectivity index (χ0v) is 14.5. The average Bonchev–Trinajstić information content (AvgIpc) is 2.65. The fraction of sp³-hybridized carbons (Fsp3) is 0.174. The summed E-state index contributed by atoms with van der Waals surface area (Å²) in [6.45, 7) is 3.87. The van der Waals surface area contributed by atoms with Crippen LogP contribution in [0.2, 0.25) is 0 Å². The maximum absolute atomic E-state index is 14.1. The summed E-state index contributed by atoms with van der Waals surface area (Å²) in [5, 5.41) is 0. The smallest absolute Gasteiger partial charge is 0.127 e. The van der Waals surface area contributed by atoms with Gasteiger partial charge < -0.3 is 0 Å². The van der Waals surface area contributed by atoms with Crippen LogP contribution in [0.15, 0.2) is 60.8 Å². The van der Waals surface area contributed by atoms with Gasteiger partial charge in [0, 0.05) is 17.3 Å². The molecule has 25 heavy (non-hydrogen) atoms. The molecule has 1 heterocycles. The summed E-state index contributed by atoms with van der Waals surface area (Å²) in [6.07, 6.45) is 3.50. The minimum atomic E-state index is -0.127. The van der Waals surface area contributed by atoms with Crippen LogP contribution in [0.1, 0.15) is 31.4 Å². The number of benzene rings is 2. The first-order valence-electron chi connectivity index (χ1n) is 8.49. The molecule has 0 amide bonds. The number of aromatic nitrogens is 1. The van der Waals surface area contributed by atoms with E-state index in [1.807, 2.05) is 55.5 Å². The van der Waals surface area contributed by atoms with Gasteiger partial charge in [0.15, 0.2) is 0 Å². The average molecular weight is 329 g/mol. The first-order chi connectivity index (χ1) is 12.2. The molecule has 0 bridgehead atoms. The van der Waals surface area contributed by atoms with E-state index in [4.69, 9.17) is 0 Å². The molecule has 0 radical (unpaired) electrons. The molecule has 0 fully saturated rings. The number of halogens is 1. The van der Waals surface area contributed by atoms with E-state index in [-0.39, 0.29) is 5.82 Å². The lowest BCUT2D eigenvalue weighted by Gasteiger charge is -2.07. The van der Waals surface area contributed by atoms with Crippen molar-refractivity contribution < 1.29 is 4.39 Å². The highest BCUT2D eigenvalue weighted by Gasteiger charge is 2.06. The van der Waals surface area contributed by atoms with Crippen LogP contribution >= 0.6 is 0 Å². The molecule has 2 aromatic carbocycles. The number of rotatable bonds is 4.